The lowest BCUT2D eigenvalue weighted by atomic mass is 9.96. The van der Waals surface area contributed by atoms with Crippen LogP contribution >= 0.6 is 0 Å². The second-order valence-corrected chi connectivity index (χ2v) is 10.3. The highest BCUT2D eigenvalue weighted by atomic mass is 16.2. The largest absolute Gasteiger partial charge is 0.371 e. The van der Waals surface area contributed by atoms with Crippen LogP contribution in [0, 0.1) is 25.7 Å². The van der Waals surface area contributed by atoms with Crippen LogP contribution in [0.1, 0.15) is 61.0 Å². The Morgan fingerprint density at radius 2 is 1.32 bits per heavy atom. The Balaban J connectivity index is 1.54. The van der Waals surface area contributed by atoms with Gasteiger partial charge in [0.1, 0.15) is 0 Å². The number of benzene rings is 2. The van der Waals surface area contributed by atoms with E-state index in [2.05, 4.69) is 29.4 Å². The molecule has 2 N–H and O–H groups in total. The predicted molar refractivity (Wildman–Crippen MR) is 140 cm³/mol. The second-order valence-electron chi connectivity index (χ2n) is 10.3. The summed E-state index contributed by atoms with van der Waals surface area (Å²) >= 11 is 0. The van der Waals surface area contributed by atoms with Crippen LogP contribution in [-0.4, -0.2) is 43.0 Å². The minimum atomic E-state index is -0.312. The summed E-state index contributed by atoms with van der Waals surface area (Å²) in [5.41, 5.74) is 5.36. The summed E-state index contributed by atoms with van der Waals surface area (Å²) in [7, 11) is 0. The van der Waals surface area contributed by atoms with Crippen LogP contribution < -0.4 is 15.5 Å². The van der Waals surface area contributed by atoms with Crippen molar-refractivity contribution in [3.63, 3.8) is 0 Å². The molecule has 2 aromatic carbocycles. The molecule has 3 amide bonds. The topological polar surface area (TPSA) is 64.7 Å². The predicted octanol–water partition coefficient (Wildman–Crippen LogP) is 6.06. The zero-order valence-electron chi connectivity index (χ0n) is 21.0. The Hall–Kier alpha value is -3.02. The maximum absolute atomic E-state index is 13.6. The molecule has 34 heavy (non-hydrogen) atoms. The smallest absolute Gasteiger partial charge is 0.323 e. The summed E-state index contributed by atoms with van der Waals surface area (Å²) in [5, 5.41) is 5.83. The summed E-state index contributed by atoms with van der Waals surface area (Å²) in [6.07, 6.45) is 4.34. The van der Waals surface area contributed by atoms with Gasteiger partial charge in [0.2, 0.25) is 0 Å². The van der Waals surface area contributed by atoms with E-state index >= 15 is 0 Å². The highest BCUT2D eigenvalue weighted by Gasteiger charge is 2.27. The van der Waals surface area contributed by atoms with E-state index in [1.807, 2.05) is 55.1 Å². The molecule has 2 aromatic rings. The van der Waals surface area contributed by atoms with Crippen LogP contribution in [-0.2, 0) is 0 Å². The quantitative estimate of drug-likeness (QED) is 0.581. The molecule has 0 bridgehead atoms. The van der Waals surface area contributed by atoms with Gasteiger partial charge in [-0.3, -0.25) is 4.79 Å². The fraction of sp³-hybridized carbons (Fsp3) is 0.500. The first-order chi connectivity index (χ1) is 16.3. The highest BCUT2D eigenvalue weighted by Crippen LogP contribution is 2.31. The van der Waals surface area contributed by atoms with Crippen molar-refractivity contribution in [3.05, 3.63) is 53.1 Å². The first kappa shape index (κ1) is 24.1. The summed E-state index contributed by atoms with van der Waals surface area (Å²) in [6.45, 7) is 12.1. The van der Waals surface area contributed by atoms with Crippen molar-refractivity contribution in [2.24, 2.45) is 11.8 Å². The van der Waals surface area contributed by atoms with Crippen molar-refractivity contribution in [2.45, 2.75) is 53.4 Å². The molecule has 6 nitrogen and oxygen atoms in total. The molecule has 6 heteroatoms. The van der Waals surface area contributed by atoms with E-state index in [0.29, 0.717) is 23.1 Å². The van der Waals surface area contributed by atoms with Crippen LogP contribution in [0.15, 0.2) is 36.4 Å². The van der Waals surface area contributed by atoms with Crippen LogP contribution in [0.3, 0.4) is 0 Å². The molecule has 0 aliphatic carbocycles. The molecule has 2 aliphatic heterocycles. The Labute approximate surface area is 203 Å². The van der Waals surface area contributed by atoms with Crippen molar-refractivity contribution < 1.29 is 9.59 Å². The molecule has 2 saturated heterocycles. The number of amides is 3. The molecule has 2 aliphatic rings. The summed E-state index contributed by atoms with van der Waals surface area (Å²) < 4.78 is 0. The lowest BCUT2D eigenvalue weighted by molar-refractivity contribution is 0.0697. The molecular weight excluding hydrogens is 424 g/mol. The van der Waals surface area contributed by atoms with Gasteiger partial charge < -0.3 is 20.4 Å². The van der Waals surface area contributed by atoms with Crippen molar-refractivity contribution >= 4 is 29.0 Å². The third-order valence-corrected chi connectivity index (χ3v) is 7.44. The van der Waals surface area contributed by atoms with Gasteiger partial charge in [0.15, 0.2) is 0 Å². The van der Waals surface area contributed by atoms with E-state index in [9.17, 15) is 9.59 Å². The number of hydrogen-bond acceptors (Lipinski definition) is 3. The zero-order chi connectivity index (χ0) is 24.2. The molecule has 0 unspecified atom stereocenters. The fourth-order valence-corrected chi connectivity index (χ4v) is 4.80. The Morgan fingerprint density at radius 1 is 0.765 bits per heavy atom. The molecule has 182 valence electrons. The number of hydrogen-bond donors (Lipinski definition) is 2. The van der Waals surface area contributed by atoms with E-state index in [1.165, 1.54) is 5.56 Å². The first-order valence-corrected chi connectivity index (χ1v) is 12.6. The van der Waals surface area contributed by atoms with Crippen LogP contribution in [0.25, 0.3) is 0 Å². The van der Waals surface area contributed by atoms with E-state index in [-0.39, 0.29) is 11.9 Å². The highest BCUT2D eigenvalue weighted by molar-refractivity contribution is 6.04. The van der Waals surface area contributed by atoms with Gasteiger partial charge in [-0.2, -0.15) is 0 Å². The molecule has 2 fully saturated rings. The minimum absolute atomic E-state index is 0.0683. The van der Waals surface area contributed by atoms with Crippen molar-refractivity contribution in [3.8, 4) is 0 Å². The average molecular weight is 463 g/mol. The number of carbonyl (C=O) groups is 2. The van der Waals surface area contributed by atoms with E-state index in [0.717, 1.165) is 68.8 Å². The normalized spacial score (nSPS) is 17.5. The SMILES string of the molecule is Cc1ccc(NC(=O)Nc2ccc(N3CCC(C)CC3)c(C(=O)N3CCC(C)CC3)c2)cc1C. The zero-order valence-corrected chi connectivity index (χ0v) is 21.0. The molecule has 0 radical (unpaired) electrons. The number of likely N-dealkylation sites (tertiary alicyclic amines) is 1. The third-order valence-electron chi connectivity index (χ3n) is 7.44. The van der Waals surface area contributed by atoms with Crippen molar-refractivity contribution in [1.29, 1.82) is 0 Å². The van der Waals surface area contributed by atoms with Gasteiger partial charge in [0, 0.05) is 43.2 Å². The Kier molecular flexibility index (Phi) is 7.44. The maximum atomic E-state index is 13.6. The van der Waals surface area contributed by atoms with Crippen molar-refractivity contribution in [2.75, 3.05) is 41.7 Å². The molecule has 0 atom stereocenters. The summed E-state index contributed by atoms with van der Waals surface area (Å²) in [6, 6.07) is 11.3. The van der Waals surface area contributed by atoms with E-state index < -0.39 is 0 Å². The van der Waals surface area contributed by atoms with Crippen LogP contribution in [0.5, 0.6) is 0 Å². The molecule has 0 saturated carbocycles. The molecular formula is C28H38N4O2. The standard InChI is InChI=1S/C28H38N4O2/c1-19-9-13-31(14-10-19)26-8-7-24(18-25(26)27(33)32-15-11-20(2)12-16-32)30-28(34)29-23-6-5-21(3)22(4)17-23/h5-8,17-20H,9-16H2,1-4H3,(H2,29,30,34). The Morgan fingerprint density at radius 3 is 1.94 bits per heavy atom. The molecule has 2 heterocycles. The number of carbonyl (C=O) groups excluding carboxylic acids is 2. The molecule has 4 rings (SSSR count). The van der Waals surface area contributed by atoms with Gasteiger partial charge in [-0.25, -0.2) is 4.79 Å². The van der Waals surface area contributed by atoms with Gasteiger partial charge in [0.25, 0.3) is 5.91 Å². The fourth-order valence-electron chi connectivity index (χ4n) is 4.80. The van der Waals surface area contributed by atoms with Gasteiger partial charge in [-0.1, -0.05) is 19.9 Å². The average Bonchev–Trinajstić information content (AvgIpc) is 2.82. The lowest BCUT2D eigenvalue weighted by Gasteiger charge is -2.35. The number of aryl methyl sites for hydroxylation is 2. The number of piperidine rings is 2. The number of nitrogens with one attached hydrogen (secondary N) is 2. The van der Waals surface area contributed by atoms with Gasteiger partial charge >= 0.3 is 6.03 Å². The minimum Gasteiger partial charge on any atom is -0.371 e. The van der Waals surface area contributed by atoms with Crippen LogP contribution in [0.2, 0.25) is 0 Å². The lowest BCUT2D eigenvalue weighted by Crippen LogP contribution is -2.40. The number of anilines is 3. The van der Waals surface area contributed by atoms with E-state index in [4.69, 9.17) is 0 Å². The maximum Gasteiger partial charge on any atom is 0.323 e. The second kappa shape index (κ2) is 10.5. The number of rotatable bonds is 4. The first-order valence-electron chi connectivity index (χ1n) is 12.6. The number of nitrogens with zero attached hydrogens (tertiary/aromatic N) is 2. The molecule has 0 spiro atoms. The van der Waals surface area contributed by atoms with Crippen LogP contribution in [0.4, 0.5) is 21.9 Å². The number of urea groups is 1. The van der Waals surface area contributed by atoms with E-state index in [1.54, 1.807) is 0 Å². The van der Waals surface area contributed by atoms with Gasteiger partial charge in [-0.15, -0.1) is 0 Å². The van der Waals surface area contributed by atoms with Gasteiger partial charge in [0.05, 0.1) is 5.56 Å². The van der Waals surface area contributed by atoms with Gasteiger partial charge in [-0.05, 0) is 92.8 Å². The Bertz CT molecular complexity index is 1030. The molecule has 0 aromatic heterocycles. The third kappa shape index (κ3) is 5.72. The summed E-state index contributed by atoms with van der Waals surface area (Å²) in [4.78, 5) is 30.6. The monoisotopic (exact) mass is 462 g/mol. The summed E-state index contributed by atoms with van der Waals surface area (Å²) in [5.74, 6) is 1.45. The van der Waals surface area contributed by atoms with Crippen molar-refractivity contribution in [1.82, 2.24) is 4.90 Å².